The van der Waals surface area contributed by atoms with E-state index in [1.807, 2.05) is 0 Å². The third-order valence-electron chi connectivity index (χ3n) is 7.44. The van der Waals surface area contributed by atoms with Crippen LogP contribution in [0.1, 0.15) is 12.5 Å². The van der Waals surface area contributed by atoms with Crippen LogP contribution < -0.4 is 17.0 Å². The number of hydrogen-bond donors (Lipinski definition) is 5. The first-order valence-corrected chi connectivity index (χ1v) is 16.6. The van der Waals surface area contributed by atoms with Gasteiger partial charge in [0.2, 0.25) is 5.95 Å². The standard InChI is InChI=1S/C21H24F2N10O11P2/c22-9-7-1-40-45(35,36)6-39-13-8(43-19(10(13)23)32-4-28-11-15(24)26-3-27-16(11)32)2-41-46(37,38)44-14(9)20(42-7)33-5-29-12-17(33)30-21(25)31-18(12)34/h3-5,7-10,13-14,19-20H,1-2,6H2,(H,35,36)(H,37,38)(H2,24,26,27)(H3,25,30,31,34)/t7-,8-,9-,10-,13-,14-,19-,20-/m1/s1. The molecular weight excluding hydrogens is 668 g/mol. The number of nitrogens with two attached hydrogens (primary N) is 2. The number of anilines is 2. The summed E-state index contributed by atoms with van der Waals surface area (Å²) in [7, 11) is -9.92. The molecule has 0 saturated carbocycles. The lowest BCUT2D eigenvalue weighted by molar-refractivity contribution is -0.0620. The van der Waals surface area contributed by atoms with E-state index in [4.69, 9.17) is 39.2 Å². The largest absolute Gasteiger partial charge is 0.472 e. The van der Waals surface area contributed by atoms with Gasteiger partial charge in [-0.05, 0) is 0 Å². The number of nitrogen functional groups attached to an aromatic ring is 2. The van der Waals surface area contributed by atoms with E-state index in [0.717, 1.165) is 17.2 Å². The zero-order valence-electron chi connectivity index (χ0n) is 23.0. The molecule has 248 valence electrons. The van der Waals surface area contributed by atoms with E-state index < -0.39 is 89.8 Å². The van der Waals surface area contributed by atoms with Crippen molar-refractivity contribution in [2.45, 2.75) is 49.2 Å². The predicted molar refractivity (Wildman–Crippen MR) is 146 cm³/mol. The number of hydrogen-bond acceptors (Lipinski definition) is 16. The van der Waals surface area contributed by atoms with Crippen molar-refractivity contribution in [3.63, 3.8) is 0 Å². The Morgan fingerprint density at radius 3 is 2.37 bits per heavy atom. The monoisotopic (exact) mass is 692 g/mol. The van der Waals surface area contributed by atoms with E-state index in [-0.39, 0.29) is 34.1 Å². The highest BCUT2D eigenvalue weighted by molar-refractivity contribution is 7.52. The van der Waals surface area contributed by atoms with Gasteiger partial charge in [-0.2, -0.15) is 4.98 Å². The fraction of sp³-hybridized carbons (Fsp3) is 0.524. The number of aromatic nitrogens is 8. The molecule has 2 unspecified atom stereocenters. The van der Waals surface area contributed by atoms with Crippen molar-refractivity contribution in [2.24, 2.45) is 0 Å². The molecule has 25 heteroatoms. The molecule has 0 spiro atoms. The van der Waals surface area contributed by atoms with Crippen LogP contribution in [0.4, 0.5) is 20.5 Å². The van der Waals surface area contributed by atoms with Crippen molar-refractivity contribution in [1.82, 2.24) is 39.0 Å². The molecule has 3 aliphatic heterocycles. The second-order valence-electron chi connectivity index (χ2n) is 10.4. The topological polar surface area (TPSA) is 289 Å². The molecule has 3 saturated heterocycles. The third-order valence-corrected chi connectivity index (χ3v) is 9.46. The van der Waals surface area contributed by atoms with Gasteiger partial charge in [0, 0.05) is 0 Å². The molecule has 3 fully saturated rings. The fourth-order valence-electron chi connectivity index (χ4n) is 5.36. The molecule has 0 aliphatic carbocycles. The third kappa shape index (κ3) is 5.47. The molecular formula is C21H24F2N10O11P2. The number of halogens is 2. The Morgan fingerprint density at radius 1 is 0.891 bits per heavy atom. The van der Waals surface area contributed by atoms with Crippen molar-refractivity contribution in [2.75, 3.05) is 31.0 Å². The van der Waals surface area contributed by atoms with Crippen LogP contribution in [0.25, 0.3) is 22.3 Å². The van der Waals surface area contributed by atoms with Gasteiger partial charge in [0.15, 0.2) is 47.4 Å². The molecule has 0 amide bonds. The minimum atomic E-state index is -5.21. The van der Waals surface area contributed by atoms with Crippen molar-refractivity contribution in [3.8, 4) is 0 Å². The Bertz CT molecular complexity index is 1960. The minimum absolute atomic E-state index is 0.00425. The second-order valence-corrected chi connectivity index (χ2v) is 13.6. The number of ether oxygens (including phenoxy) is 3. The fourth-order valence-corrected chi connectivity index (χ4v) is 7.10. The van der Waals surface area contributed by atoms with Gasteiger partial charge in [-0.1, -0.05) is 0 Å². The number of nitrogens with one attached hydrogen (secondary N) is 1. The molecule has 0 radical (unpaired) electrons. The van der Waals surface area contributed by atoms with Gasteiger partial charge < -0.3 is 40.0 Å². The quantitative estimate of drug-likeness (QED) is 0.168. The summed E-state index contributed by atoms with van der Waals surface area (Å²) in [5.74, 6) is -0.318. The number of phosphoric acid groups is 1. The molecule has 3 aliphatic rings. The lowest BCUT2D eigenvalue weighted by atomic mass is 10.1. The summed E-state index contributed by atoms with van der Waals surface area (Å²) in [6.07, 6.45) is -12.0. The Labute approximate surface area is 253 Å². The van der Waals surface area contributed by atoms with Gasteiger partial charge in [0.25, 0.3) is 5.56 Å². The van der Waals surface area contributed by atoms with Crippen LogP contribution in [-0.2, 0) is 36.9 Å². The highest BCUT2D eigenvalue weighted by Crippen LogP contribution is 2.52. The molecule has 10 atom stereocenters. The van der Waals surface area contributed by atoms with E-state index in [0.29, 0.717) is 0 Å². The van der Waals surface area contributed by atoms with Gasteiger partial charge in [-0.15, -0.1) is 0 Å². The summed E-state index contributed by atoms with van der Waals surface area (Å²) < 4.78 is 92.1. The van der Waals surface area contributed by atoms with Crippen LogP contribution in [0.2, 0.25) is 0 Å². The lowest BCUT2D eigenvalue weighted by Gasteiger charge is -2.25. The summed E-state index contributed by atoms with van der Waals surface area (Å²) >= 11 is 0. The average Bonchev–Trinajstić information content (AvgIpc) is 3.75. The minimum Gasteiger partial charge on any atom is -0.382 e. The number of aromatic amines is 1. The first-order chi connectivity index (χ1) is 21.8. The molecule has 46 heavy (non-hydrogen) atoms. The highest BCUT2D eigenvalue weighted by Gasteiger charge is 2.53. The predicted octanol–water partition coefficient (Wildman–Crippen LogP) is -0.345. The molecule has 2 bridgehead atoms. The van der Waals surface area contributed by atoms with Crippen LogP contribution in [-0.4, -0.2) is 105 Å². The van der Waals surface area contributed by atoms with Crippen molar-refractivity contribution in [1.29, 1.82) is 0 Å². The molecule has 7 N–H and O–H groups in total. The molecule has 21 nitrogen and oxygen atoms in total. The van der Waals surface area contributed by atoms with Gasteiger partial charge in [-0.3, -0.25) is 32.5 Å². The lowest BCUT2D eigenvalue weighted by Crippen LogP contribution is -2.36. The molecule has 0 aromatic carbocycles. The number of alkyl halides is 2. The van der Waals surface area contributed by atoms with E-state index in [9.17, 15) is 23.7 Å². The summed E-state index contributed by atoms with van der Waals surface area (Å²) in [5, 5.41) is 0. The zero-order valence-corrected chi connectivity index (χ0v) is 24.8. The van der Waals surface area contributed by atoms with E-state index in [1.165, 1.54) is 10.9 Å². The summed E-state index contributed by atoms with van der Waals surface area (Å²) in [5.41, 5.74) is 10.5. The maximum absolute atomic E-state index is 15.9. The van der Waals surface area contributed by atoms with Crippen LogP contribution >= 0.6 is 15.4 Å². The van der Waals surface area contributed by atoms with E-state index in [1.54, 1.807) is 0 Å². The molecule has 4 aromatic rings. The molecule has 7 rings (SSSR count). The van der Waals surface area contributed by atoms with E-state index >= 15 is 8.78 Å². The number of imidazole rings is 2. The van der Waals surface area contributed by atoms with Crippen LogP contribution in [0, 0.1) is 0 Å². The van der Waals surface area contributed by atoms with Gasteiger partial charge >= 0.3 is 15.4 Å². The number of H-pyrrole nitrogens is 1. The van der Waals surface area contributed by atoms with Crippen LogP contribution in [0.15, 0.2) is 23.8 Å². The van der Waals surface area contributed by atoms with Gasteiger partial charge in [-0.25, -0.2) is 33.3 Å². The maximum Gasteiger partial charge on any atom is 0.472 e. The first-order valence-electron chi connectivity index (χ1n) is 13.3. The highest BCUT2D eigenvalue weighted by atomic mass is 31.2. The molecule has 7 heterocycles. The van der Waals surface area contributed by atoms with Crippen molar-refractivity contribution in [3.05, 3.63) is 29.3 Å². The van der Waals surface area contributed by atoms with Crippen LogP contribution in [0.3, 0.4) is 0 Å². The normalized spacial score (nSPS) is 37.4. The number of phosphoric ester groups is 1. The summed E-state index contributed by atoms with van der Waals surface area (Å²) in [6.45, 7) is -1.77. The Morgan fingerprint density at radius 2 is 1.59 bits per heavy atom. The van der Waals surface area contributed by atoms with Crippen molar-refractivity contribution >= 4 is 49.5 Å². The Hall–Kier alpha value is -3.50. The Balaban J connectivity index is 1.20. The summed E-state index contributed by atoms with van der Waals surface area (Å²) in [6, 6.07) is 0. The van der Waals surface area contributed by atoms with Gasteiger partial charge in [0.05, 0.1) is 25.9 Å². The second kappa shape index (κ2) is 11.3. The van der Waals surface area contributed by atoms with Gasteiger partial charge in [0.1, 0.15) is 42.6 Å². The maximum atomic E-state index is 15.9. The average molecular weight is 692 g/mol. The SMILES string of the molecule is Nc1nc2c(ncn2[C@@H]2O[C@@H]3COP(=O)(O)CO[C@H]4[C@@H](F)[C@H](n5cnc6c(N)ncnc65)O[C@@H]4COP(=O)(O)O[C@@H]2[C@@H]3F)c(=O)[nH]1. The summed E-state index contributed by atoms with van der Waals surface area (Å²) in [4.78, 5) is 55.4. The first kappa shape index (κ1) is 31.1. The Kier molecular flexibility index (Phi) is 7.67. The number of fused-ring (bicyclic) bond motifs is 5. The number of nitrogens with zero attached hydrogens (tertiary/aromatic N) is 7. The zero-order chi connectivity index (χ0) is 32.5. The van der Waals surface area contributed by atoms with Crippen LogP contribution in [0.5, 0.6) is 0 Å². The molecule has 4 aromatic heterocycles. The number of rotatable bonds is 2. The van der Waals surface area contributed by atoms with Crippen molar-refractivity contribution < 1.29 is 55.5 Å². The smallest absolute Gasteiger partial charge is 0.382 e. The van der Waals surface area contributed by atoms with E-state index in [2.05, 4.69) is 29.9 Å².